The Labute approximate surface area is 55.7 Å². The monoisotopic (exact) mass is 141 g/mol. The van der Waals surface area contributed by atoms with E-state index in [0.717, 1.165) is 5.30 Å². The van der Waals surface area contributed by atoms with Crippen molar-refractivity contribution in [3.63, 3.8) is 0 Å². The molecule has 0 spiro atoms. The largest absolute Gasteiger partial charge is 0.344 e. The Morgan fingerprint density at radius 2 is 1.67 bits per heavy atom. The van der Waals surface area contributed by atoms with Gasteiger partial charge in [0.2, 0.25) is 0 Å². The predicted octanol–water partition coefficient (Wildman–Crippen LogP) is 1.77. The van der Waals surface area contributed by atoms with E-state index >= 15 is 0 Å². The SMILES string of the molecule is N.O=Pc1ccccc1. The van der Waals surface area contributed by atoms with Gasteiger partial charge in [0.1, 0.15) is 0 Å². The van der Waals surface area contributed by atoms with Gasteiger partial charge in [-0.2, -0.15) is 0 Å². The molecule has 0 unspecified atom stereocenters. The first-order valence-corrected chi connectivity index (χ1v) is 3.13. The summed E-state index contributed by atoms with van der Waals surface area (Å²) in [6.07, 6.45) is 0. The molecule has 3 heteroatoms. The highest BCUT2D eigenvalue weighted by atomic mass is 31.1. The molecule has 0 fully saturated rings. The summed E-state index contributed by atoms with van der Waals surface area (Å²) < 4.78 is 10.1. The average molecular weight is 141 g/mol. The standard InChI is InChI=1S/C6H5OP.H3N/c7-8-6-4-2-1-3-5-6;/h1-5H;1H3. The molecule has 0 aliphatic carbocycles. The van der Waals surface area contributed by atoms with Crippen LogP contribution >= 0.6 is 8.46 Å². The molecule has 1 aromatic rings. The maximum absolute atomic E-state index is 10.1. The molecule has 3 N–H and O–H groups in total. The van der Waals surface area contributed by atoms with Crippen molar-refractivity contribution < 1.29 is 4.57 Å². The minimum Gasteiger partial charge on any atom is -0.344 e. The maximum Gasteiger partial charge on any atom is 0.192 e. The summed E-state index contributed by atoms with van der Waals surface area (Å²) in [5, 5.41) is 0.826. The normalized spacial score (nSPS) is 8.44. The van der Waals surface area contributed by atoms with Gasteiger partial charge in [0.15, 0.2) is 8.46 Å². The fraction of sp³-hybridized carbons (Fsp3) is 0. The molecule has 0 aliphatic heterocycles. The molecule has 0 aliphatic rings. The number of benzene rings is 1. The molecule has 0 aromatic heterocycles. The van der Waals surface area contributed by atoms with E-state index in [1.807, 2.05) is 30.3 Å². The molecule has 9 heavy (non-hydrogen) atoms. The summed E-state index contributed by atoms with van der Waals surface area (Å²) >= 11 is 0. The van der Waals surface area contributed by atoms with Crippen LogP contribution in [0.4, 0.5) is 0 Å². The molecule has 0 saturated carbocycles. The zero-order chi connectivity index (χ0) is 5.82. The Morgan fingerprint density at radius 1 is 1.11 bits per heavy atom. The highest BCUT2D eigenvalue weighted by molar-refractivity contribution is 7.34. The lowest BCUT2D eigenvalue weighted by molar-refractivity contribution is 0.603. The van der Waals surface area contributed by atoms with Gasteiger partial charge in [-0.1, -0.05) is 18.2 Å². The van der Waals surface area contributed by atoms with E-state index < -0.39 is 0 Å². The van der Waals surface area contributed by atoms with Crippen molar-refractivity contribution in [2.24, 2.45) is 0 Å². The van der Waals surface area contributed by atoms with E-state index in [4.69, 9.17) is 0 Å². The van der Waals surface area contributed by atoms with Crippen LogP contribution in [0.1, 0.15) is 0 Å². The smallest absolute Gasteiger partial charge is 0.192 e. The first kappa shape index (κ1) is 8.28. The van der Waals surface area contributed by atoms with E-state index in [2.05, 4.69) is 0 Å². The van der Waals surface area contributed by atoms with Gasteiger partial charge in [-0.25, -0.2) is 0 Å². The van der Waals surface area contributed by atoms with Crippen molar-refractivity contribution >= 4 is 13.8 Å². The van der Waals surface area contributed by atoms with E-state index in [-0.39, 0.29) is 14.6 Å². The summed E-state index contributed by atoms with van der Waals surface area (Å²) in [4.78, 5) is 0. The summed E-state index contributed by atoms with van der Waals surface area (Å²) in [6, 6.07) is 9.25. The fourth-order valence-corrected chi connectivity index (χ4v) is 0.783. The summed E-state index contributed by atoms with van der Waals surface area (Å²) in [6.45, 7) is 0. The Morgan fingerprint density at radius 3 is 2.00 bits per heavy atom. The number of hydrogen-bond acceptors (Lipinski definition) is 2. The van der Waals surface area contributed by atoms with Gasteiger partial charge in [-0.15, -0.1) is 0 Å². The van der Waals surface area contributed by atoms with Crippen LogP contribution in [-0.2, 0) is 4.57 Å². The third-order valence-electron chi connectivity index (χ3n) is 0.862. The molecule has 0 bridgehead atoms. The van der Waals surface area contributed by atoms with Crippen LogP contribution in [0.25, 0.3) is 0 Å². The first-order valence-electron chi connectivity index (χ1n) is 2.32. The second kappa shape index (κ2) is 4.19. The van der Waals surface area contributed by atoms with Gasteiger partial charge >= 0.3 is 0 Å². The van der Waals surface area contributed by atoms with E-state index in [1.54, 1.807) is 0 Å². The predicted molar refractivity (Wildman–Crippen MR) is 38.7 cm³/mol. The van der Waals surface area contributed by atoms with Crippen LogP contribution in [0.15, 0.2) is 30.3 Å². The summed E-state index contributed by atoms with van der Waals surface area (Å²) in [5.41, 5.74) is 0. The number of rotatable bonds is 1. The second-order valence-corrected chi connectivity index (χ2v) is 2.13. The van der Waals surface area contributed by atoms with E-state index in [0.29, 0.717) is 0 Å². The third-order valence-corrected chi connectivity index (χ3v) is 1.37. The molecule has 0 saturated heterocycles. The first-order chi connectivity index (χ1) is 3.93. The third kappa shape index (κ3) is 2.36. The quantitative estimate of drug-likeness (QED) is 0.606. The van der Waals surface area contributed by atoms with Crippen LogP contribution in [0, 0.1) is 0 Å². The van der Waals surface area contributed by atoms with Gasteiger partial charge in [-0.05, 0) is 12.1 Å². The van der Waals surface area contributed by atoms with Gasteiger partial charge in [0.05, 0.1) is 0 Å². The topological polar surface area (TPSA) is 52.1 Å². The van der Waals surface area contributed by atoms with Gasteiger partial charge < -0.3 is 6.15 Å². The molecule has 0 amide bonds. The molecule has 0 atom stereocenters. The van der Waals surface area contributed by atoms with Crippen LogP contribution in [0.3, 0.4) is 0 Å². The van der Waals surface area contributed by atoms with Crippen LogP contribution < -0.4 is 11.5 Å². The van der Waals surface area contributed by atoms with Gasteiger partial charge in [0.25, 0.3) is 0 Å². The molecule has 2 nitrogen and oxygen atoms in total. The average Bonchev–Trinajstić information content (AvgIpc) is 1.90. The Hall–Kier alpha value is -0.720. The van der Waals surface area contributed by atoms with Crippen molar-refractivity contribution in [3.05, 3.63) is 30.3 Å². The number of hydrogen-bond donors (Lipinski definition) is 1. The maximum atomic E-state index is 10.1. The molecule has 1 rings (SSSR count). The highest BCUT2D eigenvalue weighted by Gasteiger charge is 1.81. The zero-order valence-corrected chi connectivity index (χ0v) is 5.84. The van der Waals surface area contributed by atoms with Crippen LogP contribution in [0.5, 0.6) is 0 Å². The molecule has 0 heterocycles. The zero-order valence-electron chi connectivity index (χ0n) is 4.95. The van der Waals surface area contributed by atoms with Gasteiger partial charge in [-0.3, -0.25) is 4.57 Å². The van der Waals surface area contributed by atoms with Crippen LogP contribution in [-0.4, -0.2) is 0 Å². The summed E-state index contributed by atoms with van der Waals surface area (Å²) in [5.74, 6) is 0. The highest BCUT2D eigenvalue weighted by Crippen LogP contribution is 1.92. The lowest BCUT2D eigenvalue weighted by Gasteiger charge is -1.80. The molecule has 48 valence electrons. The van der Waals surface area contributed by atoms with Crippen molar-refractivity contribution in [1.29, 1.82) is 0 Å². The van der Waals surface area contributed by atoms with Crippen LogP contribution in [0.2, 0.25) is 0 Å². The Kier molecular flexibility index (Phi) is 3.85. The molecule has 0 radical (unpaired) electrons. The Balaban J connectivity index is 0.000000640. The second-order valence-electron chi connectivity index (χ2n) is 1.43. The van der Waals surface area contributed by atoms with Crippen molar-refractivity contribution in [3.8, 4) is 0 Å². The summed E-state index contributed by atoms with van der Waals surface area (Å²) in [7, 11) is 0.0994. The van der Waals surface area contributed by atoms with Crippen molar-refractivity contribution in [1.82, 2.24) is 6.15 Å². The van der Waals surface area contributed by atoms with E-state index in [1.165, 1.54) is 0 Å². The minimum absolute atomic E-state index is 0. The minimum atomic E-state index is 0. The lowest BCUT2D eigenvalue weighted by Crippen LogP contribution is -1.84. The lowest BCUT2D eigenvalue weighted by atomic mass is 10.4. The fourth-order valence-electron chi connectivity index (χ4n) is 0.489. The Bertz CT molecular complexity index is 176. The van der Waals surface area contributed by atoms with Crippen molar-refractivity contribution in [2.45, 2.75) is 0 Å². The molecular formula is C6H8NOP. The molecular weight excluding hydrogens is 133 g/mol. The van der Waals surface area contributed by atoms with Crippen molar-refractivity contribution in [2.75, 3.05) is 0 Å². The van der Waals surface area contributed by atoms with Gasteiger partial charge in [0, 0.05) is 5.30 Å². The molecule has 1 aromatic carbocycles. The van der Waals surface area contributed by atoms with E-state index in [9.17, 15) is 4.57 Å².